The summed E-state index contributed by atoms with van der Waals surface area (Å²) in [7, 11) is 1.64. The molecule has 0 saturated heterocycles. The van der Waals surface area contributed by atoms with Gasteiger partial charge in [-0.25, -0.2) is 0 Å². The molecule has 0 atom stereocenters. The average Bonchev–Trinajstić information content (AvgIpc) is 2.75. The molecule has 1 aliphatic rings. The number of halogens is 1. The van der Waals surface area contributed by atoms with Crippen LogP contribution in [0.5, 0.6) is 0 Å². The lowest BCUT2D eigenvalue weighted by Crippen LogP contribution is -2.48. The van der Waals surface area contributed by atoms with Crippen molar-refractivity contribution in [3.63, 3.8) is 0 Å². The first-order valence-corrected chi connectivity index (χ1v) is 10.0. The van der Waals surface area contributed by atoms with Crippen LogP contribution < -0.4 is 5.73 Å². The summed E-state index contributed by atoms with van der Waals surface area (Å²) in [5.41, 5.74) is 7.67. The number of hydrogen-bond acceptors (Lipinski definition) is 5. The van der Waals surface area contributed by atoms with E-state index in [1.54, 1.807) is 25.4 Å². The predicted octanol–water partition coefficient (Wildman–Crippen LogP) is 3.06. The first kappa shape index (κ1) is 20.7. The summed E-state index contributed by atoms with van der Waals surface area (Å²) in [4.78, 5) is 14.9. The minimum atomic E-state index is -0.0989. The fourth-order valence-electron chi connectivity index (χ4n) is 4.10. The average molecular weight is 403 g/mol. The van der Waals surface area contributed by atoms with Gasteiger partial charge in [0, 0.05) is 42.9 Å². The second-order valence-corrected chi connectivity index (χ2v) is 7.76. The molecule has 1 amide bonds. The number of rotatable bonds is 7. The van der Waals surface area contributed by atoms with E-state index in [0.717, 1.165) is 30.7 Å². The van der Waals surface area contributed by atoms with Gasteiger partial charge in [-0.1, -0.05) is 23.7 Å². The molecular formula is C21H27ClN4O2. The summed E-state index contributed by atoms with van der Waals surface area (Å²) in [6, 6.07) is 11.5. The highest BCUT2D eigenvalue weighted by Crippen LogP contribution is 2.41. The molecule has 1 aliphatic carbocycles. The van der Waals surface area contributed by atoms with E-state index in [0.29, 0.717) is 25.4 Å². The van der Waals surface area contributed by atoms with Gasteiger partial charge in [-0.05, 0) is 55.5 Å². The van der Waals surface area contributed by atoms with Gasteiger partial charge < -0.3 is 15.4 Å². The molecule has 0 spiro atoms. The molecular weight excluding hydrogens is 376 g/mol. The molecule has 7 heteroatoms. The molecule has 3 rings (SSSR count). The standard InChI is InChI=1S/C21H27ClN4O2/c1-28-13-12-26(20(27)19-6-3-11-24-25-19)18-7-9-21(15-23,10-8-18)16-4-2-5-17(22)14-16/h2-6,11,14,18H,7-10,12-13,15,23H2,1H3/t18-,21-. The fourth-order valence-corrected chi connectivity index (χ4v) is 4.29. The Morgan fingerprint density at radius 3 is 2.71 bits per heavy atom. The maximum atomic E-state index is 13.0. The Morgan fingerprint density at radius 2 is 2.11 bits per heavy atom. The Balaban J connectivity index is 1.76. The maximum Gasteiger partial charge on any atom is 0.274 e. The van der Waals surface area contributed by atoms with Crippen molar-refractivity contribution in [2.75, 3.05) is 26.8 Å². The summed E-state index contributed by atoms with van der Waals surface area (Å²) < 4.78 is 5.23. The minimum absolute atomic E-state index is 0.0933. The van der Waals surface area contributed by atoms with Gasteiger partial charge in [-0.15, -0.1) is 5.10 Å². The number of nitrogens with two attached hydrogens (primary N) is 1. The van der Waals surface area contributed by atoms with E-state index >= 15 is 0 Å². The Bertz CT molecular complexity index is 779. The second kappa shape index (κ2) is 9.45. The fraction of sp³-hybridized carbons (Fsp3) is 0.476. The summed E-state index contributed by atoms with van der Waals surface area (Å²) >= 11 is 6.21. The number of benzene rings is 1. The van der Waals surface area contributed by atoms with Crippen molar-refractivity contribution in [1.82, 2.24) is 15.1 Å². The molecule has 1 aromatic heterocycles. The number of carbonyl (C=O) groups is 1. The van der Waals surface area contributed by atoms with Crippen LogP contribution in [0, 0.1) is 0 Å². The zero-order valence-electron chi connectivity index (χ0n) is 16.2. The lowest BCUT2D eigenvalue weighted by molar-refractivity contribution is 0.0501. The molecule has 1 aromatic carbocycles. The summed E-state index contributed by atoms with van der Waals surface area (Å²) in [5, 5.41) is 8.56. The summed E-state index contributed by atoms with van der Waals surface area (Å²) in [5.74, 6) is -0.0989. The van der Waals surface area contributed by atoms with Crippen LogP contribution >= 0.6 is 11.6 Å². The largest absolute Gasteiger partial charge is 0.383 e. The van der Waals surface area contributed by atoms with E-state index in [-0.39, 0.29) is 17.4 Å². The lowest BCUT2D eigenvalue weighted by Gasteiger charge is -2.43. The van der Waals surface area contributed by atoms with Crippen molar-refractivity contribution in [2.45, 2.75) is 37.1 Å². The van der Waals surface area contributed by atoms with Crippen molar-refractivity contribution in [2.24, 2.45) is 5.73 Å². The quantitative estimate of drug-likeness (QED) is 0.769. The molecule has 28 heavy (non-hydrogen) atoms. The molecule has 150 valence electrons. The van der Waals surface area contributed by atoms with Gasteiger partial charge in [0.1, 0.15) is 0 Å². The highest BCUT2D eigenvalue weighted by molar-refractivity contribution is 6.30. The molecule has 6 nitrogen and oxygen atoms in total. The zero-order chi connectivity index (χ0) is 20.0. The van der Waals surface area contributed by atoms with Gasteiger partial charge in [0.15, 0.2) is 5.69 Å². The summed E-state index contributed by atoms with van der Waals surface area (Å²) in [6.45, 7) is 1.58. The SMILES string of the molecule is COCCN(C(=O)c1cccnn1)[C@H]1CC[C@](CN)(c2cccc(Cl)c2)CC1. The van der Waals surface area contributed by atoms with Gasteiger partial charge in [0.2, 0.25) is 0 Å². The van der Waals surface area contributed by atoms with Crippen LogP contribution in [0.15, 0.2) is 42.6 Å². The van der Waals surface area contributed by atoms with Crippen LogP contribution in [0.3, 0.4) is 0 Å². The molecule has 1 fully saturated rings. The Hall–Kier alpha value is -2.02. The number of hydrogen-bond donors (Lipinski definition) is 1. The molecule has 0 bridgehead atoms. The summed E-state index contributed by atoms with van der Waals surface area (Å²) in [6.07, 6.45) is 5.13. The van der Waals surface area contributed by atoms with Crippen LogP contribution in [-0.2, 0) is 10.2 Å². The van der Waals surface area contributed by atoms with E-state index < -0.39 is 0 Å². The first-order chi connectivity index (χ1) is 13.6. The predicted molar refractivity (Wildman–Crippen MR) is 109 cm³/mol. The molecule has 0 unspecified atom stereocenters. The van der Waals surface area contributed by atoms with Gasteiger partial charge in [0.25, 0.3) is 5.91 Å². The number of aromatic nitrogens is 2. The van der Waals surface area contributed by atoms with Crippen molar-refractivity contribution >= 4 is 17.5 Å². The van der Waals surface area contributed by atoms with Gasteiger partial charge >= 0.3 is 0 Å². The highest BCUT2D eigenvalue weighted by Gasteiger charge is 2.38. The van der Waals surface area contributed by atoms with E-state index in [1.165, 1.54) is 5.56 Å². The smallest absolute Gasteiger partial charge is 0.274 e. The number of carbonyl (C=O) groups excluding carboxylic acids is 1. The topological polar surface area (TPSA) is 81.3 Å². The molecule has 1 heterocycles. The second-order valence-electron chi connectivity index (χ2n) is 7.33. The minimum Gasteiger partial charge on any atom is -0.383 e. The normalized spacial score (nSPS) is 22.0. The van der Waals surface area contributed by atoms with Crippen molar-refractivity contribution in [1.29, 1.82) is 0 Å². The molecule has 0 radical (unpaired) electrons. The third kappa shape index (κ3) is 4.51. The van der Waals surface area contributed by atoms with Crippen molar-refractivity contribution in [3.8, 4) is 0 Å². The van der Waals surface area contributed by atoms with Crippen LogP contribution in [0.1, 0.15) is 41.7 Å². The third-order valence-electron chi connectivity index (χ3n) is 5.77. The van der Waals surface area contributed by atoms with Gasteiger partial charge in [0.05, 0.1) is 6.61 Å². The molecule has 2 aromatic rings. The van der Waals surface area contributed by atoms with Gasteiger partial charge in [-0.3, -0.25) is 4.79 Å². The van der Waals surface area contributed by atoms with E-state index in [2.05, 4.69) is 16.3 Å². The number of ether oxygens (including phenoxy) is 1. The Morgan fingerprint density at radius 1 is 1.32 bits per heavy atom. The van der Waals surface area contributed by atoms with Gasteiger partial charge in [-0.2, -0.15) is 5.10 Å². The van der Waals surface area contributed by atoms with E-state index in [1.807, 2.05) is 23.1 Å². The van der Waals surface area contributed by atoms with Crippen LogP contribution in [0.2, 0.25) is 5.02 Å². The lowest BCUT2D eigenvalue weighted by atomic mass is 9.68. The maximum absolute atomic E-state index is 13.0. The number of nitrogens with zero attached hydrogens (tertiary/aromatic N) is 3. The Kier molecular flexibility index (Phi) is 6.99. The third-order valence-corrected chi connectivity index (χ3v) is 6.00. The molecule has 0 aliphatic heterocycles. The van der Waals surface area contributed by atoms with Crippen LogP contribution in [-0.4, -0.2) is 53.9 Å². The first-order valence-electron chi connectivity index (χ1n) is 9.63. The van der Waals surface area contributed by atoms with E-state index in [9.17, 15) is 4.79 Å². The van der Waals surface area contributed by atoms with Crippen molar-refractivity contribution < 1.29 is 9.53 Å². The monoisotopic (exact) mass is 402 g/mol. The van der Waals surface area contributed by atoms with Crippen molar-refractivity contribution in [3.05, 3.63) is 58.9 Å². The Labute approximate surface area is 171 Å². The zero-order valence-corrected chi connectivity index (χ0v) is 16.9. The molecule has 2 N–H and O–H groups in total. The number of amides is 1. The highest BCUT2D eigenvalue weighted by atomic mass is 35.5. The van der Waals surface area contributed by atoms with Crippen LogP contribution in [0.4, 0.5) is 0 Å². The van der Waals surface area contributed by atoms with E-state index in [4.69, 9.17) is 22.1 Å². The molecule has 1 saturated carbocycles. The van der Waals surface area contributed by atoms with Crippen LogP contribution in [0.25, 0.3) is 0 Å². The number of methoxy groups -OCH3 is 1.